The Bertz CT molecular complexity index is 4350. The molecule has 0 radical (unpaired) electrons. The number of rotatable bonds is 7. The van der Waals surface area contributed by atoms with Crippen molar-refractivity contribution in [2.45, 2.75) is 11.3 Å². The minimum absolute atomic E-state index is 0.117. The predicted octanol–water partition coefficient (Wildman–Crippen LogP) is 18.7. The summed E-state index contributed by atoms with van der Waals surface area (Å²) in [5.41, 5.74) is 18.8. The van der Waals surface area contributed by atoms with Crippen molar-refractivity contribution in [3.05, 3.63) is 288 Å². The van der Waals surface area contributed by atoms with E-state index in [1.807, 2.05) is 11.3 Å². The van der Waals surface area contributed by atoms with Gasteiger partial charge in [-0.2, -0.15) is 0 Å². The molecule has 3 heterocycles. The Morgan fingerprint density at radius 2 is 0.944 bits per heavy atom. The molecule has 1 atom stereocenters. The molecule has 0 bridgehead atoms. The van der Waals surface area contributed by atoms with Gasteiger partial charge in [0.15, 0.2) is 0 Å². The quantitative estimate of drug-likeness (QED) is 0.149. The molecule has 0 amide bonds. The topological polar surface area (TPSA) is 26.3 Å². The van der Waals surface area contributed by atoms with Crippen molar-refractivity contribution < 1.29 is 8.83 Å². The molecule has 11 aromatic carbocycles. The van der Waals surface area contributed by atoms with Crippen LogP contribution < -0.4 is 0 Å². The summed E-state index contributed by atoms with van der Waals surface area (Å²) < 4.78 is 16.5. The van der Waals surface area contributed by atoms with E-state index in [1.165, 1.54) is 81.4 Å². The number of para-hydroxylation sites is 1. The van der Waals surface area contributed by atoms with E-state index in [9.17, 15) is 0 Å². The predicted molar refractivity (Wildman–Crippen MR) is 296 cm³/mol. The van der Waals surface area contributed by atoms with Crippen LogP contribution in [-0.2, 0) is 5.41 Å². The Hall–Kier alpha value is -8.76. The van der Waals surface area contributed by atoms with Crippen LogP contribution >= 0.6 is 11.3 Å². The number of thiophene rings is 1. The van der Waals surface area contributed by atoms with Crippen LogP contribution in [0.3, 0.4) is 0 Å². The Morgan fingerprint density at radius 1 is 0.352 bits per heavy atom. The van der Waals surface area contributed by atoms with Crippen LogP contribution in [0.25, 0.3) is 97.4 Å². The van der Waals surface area contributed by atoms with Crippen molar-refractivity contribution >= 4 is 75.4 Å². The zero-order valence-corrected chi connectivity index (χ0v) is 39.3. The highest BCUT2D eigenvalue weighted by Crippen LogP contribution is 2.57. The SMILES string of the molecule is c1ccc(-c2ccc(C(c3ccc4c(c3)C(c3ccccc3)(c3ccccc3)c3ccccc3-4)c3ccc4oc5c(-c6cccc7c6sc6ccccc67)c6c(cc5c4c3)oc3ccccc36)cc2)cc1. The Morgan fingerprint density at radius 3 is 1.75 bits per heavy atom. The molecular formula is C68H42O2S. The van der Waals surface area contributed by atoms with E-state index in [2.05, 4.69) is 249 Å². The molecule has 0 aliphatic heterocycles. The van der Waals surface area contributed by atoms with E-state index in [0.29, 0.717) is 0 Å². The summed E-state index contributed by atoms with van der Waals surface area (Å²) in [7, 11) is 0. The zero-order chi connectivity index (χ0) is 46.6. The monoisotopic (exact) mass is 922 g/mol. The van der Waals surface area contributed by atoms with Crippen molar-refractivity contribution in [1.82, 2.24) is 0 Å². The fourth-order valence-corrected chi connectivity index (χ4v) is 13.5. The smallest absolute Gasteiger partial charge is 0.144 e. The summed E-state index contributed by atoms with van der Waals surface area (Å²) in [4.78, 5) is 0. The van der Waals surface area contributed by atoms with Gasteiger partial charge in [0.1, 0.15) is 22.3 Å². The van der Waals surface area contributed by atoms with Crippen LogP contribution in [0, 0.1) is 0 Å². The molecule has 0 fully saturated rings. The first-order valence-corrected chi connectivity index (χ1v) is 25.2. The van der Waals surface area contributed by atoms with Gasteiger partial charge in [-0.05, 0) is 91.5 Å². The number of furan rings is 2. The van der Waals surface area contributed by atoms with E-state index in [1.54, 1.807) is 0 Å². The van der Waals surface area contributed by atoms with Gasteiger partial charge in [-0.1, -0.05) is 218 Å². The van der Waals surface area contributed by atoms with Crippen LogP contribution in [0.4, 0.5) is 0 Å². The lowest BCUT2D eigenvalue weighted by atomic mass is 9.67. The van der Waals surface area contributed by atoms with Crippen molar-refractivity contribution in [3.63, 3.8) is 0 Å². The third-order valence-corrected chi connectivity index (χ3v) is 16.5. The zero-order valence-electron chi connectivity index (χ0n) is 38.5. The highest BCUT2D eigenvalue weighted by atomic mass is 32.1. The van der Waals surface area contributed by atoms with Gasteiger partial charge in [-0.15, -0.1) is 11.3 Å². The van der Waals surface area contributed by atoms with E-state index >= 15 is 0 Å². The minimum atomic E-state index is -0.525. The van der Waals surface area contributed by atoms with E-state index in [4.69, 9.17) is 8.83 Å². The molecule has 3 aromatic heterocycles. The van der Waals surface area contributed by atoms with E-state index in [0.717, 1.165) is 55.0 Å². The van der Waals surface area contributed by atoms with Crippen molar-refractivity contribution in [3.8, 4) is 33.4 Å². The van der Waals surface area contributed by atoms with Crippen LogP contribution in [-0.4, -0.2) is 0 Å². The third kappa shape index (κ3) is 5.94. The van der Waals surface area contributed by atoms with E-state index in [-0.39, 0.29) is 5.92 Å². The molecular weight excluding hydrogens is 881 g/mol. The number of hydrogen-bond acceptors (Lipinski definition) is 3. The summed E-state index contributed by atoms with van der Waals surface area (Å²) >= 11 is 1.85. The first-order valence-electron chi connectivity index (χ1n) is 24.4. The molecule has 1 unspecified atom stereocenters. The molecule has 15 rings (SSSR count). The largest absolute Gasteiger partial charge is 0.456 e. The molecule has 0 spiro atoms. The lowest BCUT2D eigenvalue weighted by Gasteiger charge is -2.34. The van der Waals surface area contributed by atoms with Gasteiger partial charge >= 0.3 is 0 Å². The Labute approximate surface area is 414 Å². The lowest BCUT2D eigenvalue weighted by molar-refractivity contribution is 0.664. The van der Waals surface area contributed by atoms with Gasteiger partial charge in [0.05, 0.1) is 5.41 Å². The molecule has 71 heavy (non-hydrogen) atoms. The fraction of sp³-hybridized carbons (Fsp3) is 0.0294. The maximum absolute atomic E-state index is 7.18. The second-order valence-corrected chi connectivity index (χ2v) is 20.0. The third-order valence-electron chi connectivity index (χ3n) is 15.3. The van der Waals surface area contributed by atoms with Crippen molar-refractivity contribution in [2.24, 2.45) is 0 Å². The average molecular weight is 923 g/mol. The second-order valence-electron chi connectivity index (χ2n) is 19.0. The maximum Gasteiger partial charge on any atom is 0.144 e. The first-order chi connectivity index (χ1) is 35.2. The van der Waals surface area contributed by atoms with Crippen LogP contribution in [0.1, 0.15) is 44.9 Å². The highest BCUT2D eigenvalue weighted by molar-refractivity contribution is 7.26. The lowest BCUT2D eigenvalue weighted by Crippen LogP contribution is -2.28. The minimum Gasteiger partial charge on any atom is -0.456 e. The maximum atomic E-state index is 7.18. The molecule has 0 saturated heterocycles. The van der Waals surface area contributed by atoms with Crippen LogP contribution in [0.15, 0.2) is 258 Å². The van der Waals surface area contributed by atoms with Crippen LogP contribution in [0.2, 0.25) is 0 Å². The van der Waals surface area contributed by atoms with Gasteiger partial charge in [-0.25, -0.2) is 0 Å². The van der Waals surface area contributed by atoms with Gasteiger partial charge < -0.3 is 8.83 Å². The number of hydrogen-bond donors (Lipinski definition) is 0. The summed E-state index contributed by atoms with van der Waals surface area (Å²) in [5, 5.41) is 6.78. The van der Waals surface area contributed by atoms with Gasteiger partial charge in [0, 0.05) is 58.8 Å². The highest BCUT2D eigenvalue weighted by Gasteiger charge is 2.46. The summed E-state index contributed by atoms with van der Waals surface area (Å²) in [6.07, 6.45) is 0. The second kappa shape index (κ2) is 15.6. The molecule has 332 valence electrons. The van der Waals surface area contributed by atoms with Crippen molar-refractivity contribution in [1.29, 1.82) is 0 Å². The molecule has 2 nitrogen and oxygen atoms in total. The molecule has 1 aliphatic rings. The Kier molecular flexibility index (Phi) is 8.84. The molecule has 1 aliphatic carbocycles. The molecule has 3 heteroatoms. The average Bonchev–Trinajstić information content (AvgIpc) is 4.19. The van der Waals surface area contributed by atoms with Crippen molar-refractivity contribution in [2.75, 3.05) is 0 Å². The molecule has 14 aromatic rings. The summed E-state index contributed by atoms with van der Waals surface area (Å²) in [6, 6.07) is 91.3. The van der Waals surface area contributed by atoms with Gasteiger partial charge in [-0.3, -0.25) is 0 Å². The molecule has 0 saturated carbocycles. The first kappa shape index (κ1) is 40.2. The van der Waals surface area contributed by atoms with Gasteiger partial charge in [0.2, 0.25) is 0 Å². The normalized spacial score (nSPS) is 13.4. The number of benzene rings is 11. The fourth-order valence-electron chi connectivity index (χ4n) is 12.2. The number of fused-ring (bicyclic) bond motifs is 12. The standard InChI is InChI=1S/C68H42O2S/c1-4-17-42(18-5-1)43-31-33-44(34-32-43)63(46-35-37-50-49-23-10-13-28-57(49)68(58(50)40-46,47-19-6-2-7-20-47)48-21-8-3-9-22-48)45-36-38-60-55(39-45)56-41-61-64(53-25-11-14-29-59(53)69-61)65(66(56)70-60)54-27-16-26-52-51-24-12-15-30-62(51)71-67(52)54/h1-41,63H. The summed E-state index contributed by atoms with van der Waals surface area (Å²) in [6.45, 7) is 0. The molecule has 0 N–H and O–H groups in total. The summed E-state index contributed by atoms with van der Waals surface area (Å²) in [5.74, 6) is -0.117. The van der Waals surface area contributed by atoms with E-state index < -0.39 is 5.41 Å². The van der Waals surface area contributed by atoms with Crippen LogP contribution in [0.5, 0.6) is 0 Å². The van der Waals surface area contributed by atoms with Gasteiger partial charge in [0.25, 0.3) is 0 Å². The Balaban J connectivity index is 0.988.